The average molecular weight is 252 g/mol. The summed E-state index contributed by atoms with van der Waals surface area (Å²) in [5.74, 6) is 0.225. The van der Waals surface area contributed by atoms with Crippen molar-refractivity contribution in [2.75, 3.05) is 7.11 Å². The van der Waals surface area contributed by atoms with Gasteiger partial charge in [-0.3, -0.25) is 0 Å². The number of furan rings is 1. The fraction of sp³-hybridized carbons (Fsp3) is 0.429. The maximum Gasteiger partial charge on any atom is 0.138 e. The second kappa shape index (κ2) is 5.08. The highest BCUT2D eigenvalue weighted by molar-refractivity contribution is 5.77. The Balaban J connectivity index is 2.35. The zero-order chi connectivity index (χ0) is 13.3. The molecule has 0 radical (unpaired) electrons. The van der Waals surface area contributed by atoms with Crippen LogP contribution in [0, 0.1) is 11.7 Å². The lowest BCUT2D eigenvalue weighted by Gasteiger charge is -2.23. The molecule has 18 heavy (non-hydrogen) atoms. The lowest BCUT2D eigenvalue weighted by molar-refractivity contribution is -0.0473. The molecular weight excluding hydrogens is 235 g/mol. The Morgan fingerprint density at radius 3 is 2.61 bits per heavy atom. The number of hydrogen-bond acceptors (Lipinski definition) is 3. The number of aliphatic hydroxyl groups excluding tert-OH is 1. The van der Waals surface area contributed by atoms with E-state index in [0.29, 0.717) is 16.7 Å². The van der Waals surface area contributed by atoms with E-state index < -0.39 is 6.10 Å². The topological polar surface area (TPSA) is 42.6 Å². The minimum Gasteiger partial charge on any atom is -0.458 e. The summed E-state index contributed by atoms with van der Waals surface area (Å²) in [6.45, 7) is 3.92. The lowest BCUT2D eigenvalue weighted by Crippen LogP contribution is -2.26. The SMILES string of the molecule is COC(C(C)C)C(O)c1cc2cc(F)ccc2o1. The van der Waals surface area contributed by atoms with E-state index in [9.17, 15) is 9.50 Å². The summed E-state index contributed by atoms with van der Waals surface area (Å²) in [5, 5.41) is 10.8. The molecule has 0 aliphatic heterocycles. The number of benzene rings is 1. The van der Waals surface area contributed by atoms with E-state index >= 15 is 0 Å². The molecule has 1 heterocycles. The summed E-state index contributed by atoms with van der Waals surface area (Å²) in [4.78, 5) is 0. The largest absolute Gasteiger partial charge is 0.458 e. The molecule has 2 unspecified atom stereocenters. The molecule has 1 aromatic carbocycles. The number of fused-ring (bicyclic) bond motifs is 1. The van der Waals surface area contributed by atoms with Gasteiger partial charge in [0.1, 0.15) is 23.3 Å². The number of hydrogen-bond donors (Lipinski definition) is 1. The van der Waals surface area contributed by atoms with Gasteiger partial charge < -0.3 is 14.3 Å². The molecule has 0 amide bonds. The maximum absolute atomic E-state index is 13.1. The van der Waals surface area contributed by atoms with Gasteiger partial charge >= 0.3 is 0 Å². The normalized spacial score (nSPS) is 15.2. The summed E-state index contributed by atoms with van der Waals surface area (Å²) in [6, 6.07) is 5.92. The minimum absolute atomic E-state index is 0.148. The Kier molecular flexibility index (Phi) is 3.68. The Morgan fingerprint density at radius 1 is 1.28 bits per heavy atom. The molecule has 0 aliphatic rings. The van der Waals surface area contributed by atoms with Gasteiger partial charge in [0.15, 0.2) is 0 Å². The van der Waals surface area contributed by atoms with Crippen LogP contribution in [-0.4, -0.2) is 18.3 Å². The van der Waals surface area contributed by atoms with E-state index in [2.05, 4.69) is 0 Å². The first-order chi connectivity index (χ1) is 8.52. The molecule has 1 aromatic heterocycles. The van der Waals surface area contributed by atoms with E-state index in [4.69, 9.17) is 9.15 Å². The fourth-order valence-electron chi connectivity index (χ4n) is 2.11. The van der Waals surface area contributed by atoms with E-state index in [-0.39, 0.29) is 17.8 Å². The summed E-state index contributed by atoms with van der Waals surface area (Å²) >= 11 is 0. The number of methoxy groups -OCH3 is 1. The molecule has 0 fully saturated rings. The highest BCUT2D eigenvalue weighted by atomic mass is 19.1. The minimum atomic E-state index is -0.856. The van der Waals surface area contributed by atoms with E-state index in [1.165, 1.54) is 12.1 Å². The molecule has 2 atom stereocenters. The van der Waals surface area contributed by atoms with Crippen molar-refractivity contribution in [2.24, 2.45) is 5.92 Å². The van der Waals surface area contributed by atoms with Crippen molar-refractivity contribution in [3.63, 3.8) is 0 Å². The molecule has 98 valence electrons. The van der Waals surface area contributed by atoms with Crippen molar-refractivity contribution in [3.05, 3.63) is 35.8 Å². The molecule has 3 nitrogen and oxygen atoms in total. The predicted molar refractivity (Wildman–Crippen MR) is 66.8 cm³/mol. The van der Waals surface area contributed by atoms with Crippen molar-refractivity contribution in [1.82, 2.24) is 0 Å². The van der Waals surface area contributed by atoms with Crippen LogP contribution >= 0.6 is 0 Å². The van der Waals surface area contributed by atoms with E-state index in [1.807, 2.05) is 13.8 Å². The lowest BCUT2D eigenvalue weighted by atomic mass is 10.00. The maximum atomic E-state index is 13.1. The van der Waals surface area contributed by atoms with Crippen LogP contribution < -0.4 is 0 Å². The Hall–Kier alpha value is -1.39. The van der Waals surface area contributed by atoms with Crippen LogP contribution in [0.2, 0.25) is 0 Å². The first-order valence-corrected chi connectivity index (χ1v) is 5.92. The summed E-state index contributed by atoms with van der Waals surface area (Å²) in [6.07, 6.45) is -1.21. The quantitative estimate of drug-likeness (QED) is 0.908. The molecule has 2 aromatic rings. The van der Waals surface area contributed by atoms with Gasteiger partial charge in [0.05, 0.1) is 6.10 Å². The van der Waals surface area contributed by atoms with Gasteiger partial charge in [0.2, 0.25) is 0 Å². The van der Waals surface area contributed by atoms with Gasteiger partial charge in [-0.05, 0) is 30.2 Å². The Bertz CT molecular complexity index is 533. The molecular formula is C14H17FO3. The van der Waals surface area contributed by atoms with Gasteiger partial charge in [0.25, 0.3) is 0 Å². The molecule has 0 spiro atoms. The molecule has 0 saturated carbocycles. The van der Waals surface area contributed by atoms with Crippen LogP contribution in [-0.2, 0) is 4.74 Å². The zero-order valence-electron chi connectivity index (χ0n) is 10.7. The molecule has 0 bridgehead atoms. The van der Waals surface area contributed by atoms with Crippen molar-refractivity contribution in [2.45, 2.75) is 26.1 Å². The predicted octanol–water partition coefficient (Wildman–Crippen LogP) is 3.28. The smallest absolute Gasteiger partial charge is 0.138 e. The van der Waals surface area contributed by atoms with E-state index in [0.717, 1.165) is 0 Å². The number of rotatable bonds is 4. The van der Waals surface area contributed by atoms with Crippen LogP contribution in [0.3, 0.4) is 0 Å². The molecule has 0 aliphatic carbocycles. The fourth-order valence-corrected chi connectivity index (χ4v) is 2.11. The van der Waals surface area contributed by atoms with Crippen LogP contribution in [0.5, 0.6) is 0 Å². The highest BCUT2D eigenvalue weighted by Crippen LogP contribution is 2.29. The summed E-state index contributed by atoms with van der Waals surface area (Å²) in [7, 11) is 1.55. The molecule has 1 N–H and O–H groups in total. The third-order valence-electron chi connectivity index (χ3n) is 3.03. The highest BCUT2D eigenvalue weighted by Gasteiger charge is 2.26. The second-order valence-corrected chi connectivity index (χ2v) is 4.72. The van der Waals surface area contributed by atoms with Crippen molar-refractivity contribution in [1.29, 1.82) is 0 Å². The van der Waals surface area contributed by atoms with Gasteiger partial charge in [-0.25, -0.2) is 4.39 Å². The molecule has 4 heteroatoms. The van der Waals surface area contributed by atoms with Crippen LogP contribution in [0.25, 0.3) is 11.0 Å². The van der Waals surface area contributed by atoms with Crippen LogP contribution in [0.15, 0.2) is 28.7 Å². The monoisotopic (exact) mass is 252 g/mol. The van der Waals surface area contributed by atoms with Crippen molar-refractivity contribution >= 4 is 11.0 Å². The number of aliphatic hydroxyl groups is 1. The summed E-state index contributed by atoms with van der Waals surface area (Å²) in [5.41, 5.74) is 0.559. The van der Waals surface area contributed by atoms with Crippen LogP contribution in [0.4, 0.5) is 4.39 Å². The zero-order valence-corrected chi connectivity index (χ0v) is 10.7. The first kappa shape index (κ1) is 13.1. The standard InChI is InChI=1S/C14H17FO3/c1-8(2)14(17-3)13(16)12-7-9-6-10(15)4-5-11(9)18-12/h4-8,13-14,16H,1-3H3. The van der Waals surface area contributed by atoms with Gasteiger partial charge in [-0.1, -0.05) is 13.8 Å². The Labute approximate surface area is 105 Å². The van der Waals surface area contributed by atoms with Crippen LogP contribution in [0.1, 0.15) is 25.7 Å². The molecule has 0 saturated heterocycles. The molecule has 2 rings (SSSR count). The van der Waals surface area contributed by atoms with Crippen molar-refractivity contribution in [3.8, 4) is 0 Å². The van der Waals surface area contributed by atoms with Gasteiger partial charge in [-0.2, -0.15) is 0 Å². The van der Waals surface area contributed by atoms with Crippen molar-refractivity contribution < 1.29 is 18.7 Å². The van der Waals surface area contributed by atoms with Gasteiger partial charge in [0, 0.05) is 12.5 Å². The number of ether oxygens (including phenoxy) is 1. The van der Waals surface area contributed by atoms with Gasteiger partial charge in [-0.15, -0.1) is 0 Å². The Morgan fingerprint density at radius 2 is 2.00 bits per heavy atom. The third kappa shape index (κ3) is 2.40. The second-order valence-electron chi connectivity index (χ2n) is 4.72. The summed E-state index contributed by atoms with van der Waals surface area (Å²) < 4.78 is 23.9. The first-order valence-electron chi connectivity index (χ1n) is 5.92. The van der Waals surface area contributed by atoms with E-state index in [1.54, 1.807) is 19.2 Å². The third-order valence-corrected chi connectivity index (χ3v) is 3.03. The number of halogens is 1. The average Bonchev–Trinajstić information content (AvgIpc) is 2.72.